The SMILES string of the molecule is COc1cccc(C(=N)/C=C\C(N)=NC(=O)c2ccc3c(c2)NON3)c1. The number of amides is 1. The van der Waals surface area contributed by atoms with Gasteiger partial charge in [0.2, 0.25) is 0 Å². The number of benzene rings is 2. The van der Waals surface area contributed by atoms with E-state index in [1.807, 2.05) is 0 Å². The Kier molecular flexibility index (Phi) is 4.95. The lowest BCUT2D eigenvalue weighted by atomic mass is 10.1. The monoisotopic (exact) mass is 351 g/mol. The fourth-order valence-electron chi connectivity index (χ4n) is 2.26. The minimum absolute atomic E-state index is 0.00507. The van der Waals surface area contributed by atoms with E-state index in [-0.39, 0.29) is 11.5 Å². The molecule has 0 unspecified atom stereocenters. The Morgan fingerprint density at radius 3 is 2.77 bits per heavy atom. The van der Waals surface area contributed by atoms with Crippen molar-refractivity contribution in [3.05, 3.63) is 65.7 Å². The highest BCUT2D eigenvalue weighted by atomic mass is 16.8. The minimum Gasteiger partial charge on any atom is -0.497 e. The van der Waals surface area contributed by atoms with Crippen molar-refractivity contribution >= 4 is 28.8 Å². The molecule has 0 radical (unpaired) electrons. The second-order valence-corrected chi connectivity index (χ2v) is 5.39. The number of amidine groups is 1. The van der Waals surface area contributed by atoms with Crippen LogP contribution < -0.4 is 21.4 Å². The van der Waals surface area contributed by atoms with Crippen LogP contribution >= 0.6 is 0 Å². The normalized spacial score (nSPS) is 13.0. The van der Waals surface area contributed by atoms with Crippen LogP contribution in [0.1, 0.15) is 15.9 Å². The molecule has 5 N–H and O–H groups in total. The Bertz CT molecular complexity index is 921. The topological polar surface area (TPSA) is 122 Å². The highest BCUT2D eigenvalue weighted by molar-refractivity contribution is 6.12. The minimum atomic E-state index is -0.489. The number of carbonyl (C=O) groups is 1. The van der Waals surface area contributed by atoms with E-state index in [1.54, 1.807) is 49.6 Å². The molecule has 0 bridgehead atoms. The van der Waals surface area contributed by atoms with Gasteiger partial charge in [0, 0.05) is 11.1 Å². The summed E-state index contributed by atoms with van der Waals surface area (Å²) >= 11 is 0. The van der Waals surface area contributed by atoms with E-state index < -0.39 is 5.91 Å². The maximum Gasteiger partial charge on any atom is 0.279 e. The van der Waals surface area contributed by atoms with Gasteiger partial charge < -0.3 is 15.9 Å². The van der Waals surface area contributed by atoms with Crippen molar-refractivity contribution in [3.63, 3.8) is 0 Å². The lowest BCUT2D eigenvalue weighted by Gasteiger charge is -2.03. The van der Waals surface area contributed by atoms with Crippen molar-refractivity contribution in [2.24, 2.45) is 10.7 Å². The van der Waals surface area contributed by atoms with E-state index >= 15 is 0 Å². The number of fused-ring (bicyclic) bond motifs is 1. The number of nitrogens with zero attached hydrogens (tertiary/aromatic N) is 1. The van der Waals surface area contributed by atoms with Crippen LogP contribution in [0.4, 0.5) is 11.4 Å². The van der Waals surface area contributed by atoms with E-state index in [1.165, 1.54) is 12.2 Å². The molecule has 1 aliphatic rings. The second-order valence-electron chi connectivity index (χ2n) is 5.39. The Labute approximate surface area is 149 Å². The van der Waals surface area contributed by atoms with Gasteiger partial charge >= 0.3 is 0 Å². The summed E-state index contributed by atoms with van der Waals surface area (Å²) in [5.74, 6) is 0.170. The summed E-state index contributed by atoms with van der Waals surface area (Å²) in [6, 6.07) is 12.0. The van der Waals surface area contributed by atoms with Crippen LogP contribution in [0.15, 0.2) is 59.6 Å². The fraction of sp³-hybridized carbons (Fsp3) is 0.0556. The number of aliphatic imine (C=N–C) groups is 1. The van der Waals surface area contributed by atoms with Crippen molar-refractivity contribution in [2.45, 2.75) is 0 Å². The van der Waals surface area contributed by atoms with Gasteiger partial charge in [-0.1, -0.05) is 12.1 Å². The first-order valence-corrected chi connectivity index (χ1v) is 7.68. The number of anilines is 2. The van der Waals surface area contributed by atoms with Crippen molar-refractivity contribution in [2.75, 3.05) is 18.1 Å². The molecule has 132 valence electrons. The Morgan fingerprint density at radius 1 is 1.15 bits per heavy atom. The molecule has 0 spiro atoms. The van der Waals surface area contributed by atoms with Crippen molar-refractivity contribution < 1.29 is 14.5 Å². The van der Waals surface area contributed by atoms with E-state index in [9.17, 15) is 4.79 Å². The Morgan fingerprint density at radius 2 is 1.96 bits per heavy atom. The summed E-state index contributed by atoms with van der Waals surface area (Å²) in [5, 5.41) is 8.06. The Balaban J connectivity index is 1.70. The maximum absolute atomic E-state index is 12.2. The van der Waals surface area contributed by atoms with Crippen molar-refractivity contribution in [1.29, 1.82) is 5.41 Å². The molecule has 0 fully saturated rings. The molecule has 0 atom stereocenters. The average molecular weight is 351 g/mol. The van der Waals surface area contributed by atoms with E-state index in [0.29, 0.717) is 22.6 Å². The van der Waals surface area contributed by atoms with Crippen LogP contribution in [-0.4, -0.2) is 24.6 Å². The molecule has 0 aliphatic carbocycles. The zero-order chi connectivity index (χ0) is 18.5. The van der Waals surface area contributed by atoms with Gasteiger partial charge in [0.05, 0.1) is 24.2 Å². The molecule has 2 aromatic rings. The third kappa shape index (κ3) is 3.87. The standard InChI is InChI=1S/C18H17N5O3/c1-25-13-4-2-3-11(9-13)14(19)6-8-17(20)21-18(24)12-5-7-15-16(10-12)23-26-22-15/h2-10,19,22-23H,1H3,(H2,20,21,24)/b8-6-,19-14?. The predicted octanol–water partition coefficient (Wildman–Crippen LogP) is 2.50. The molecular weight excluding hydrogens is 334 g/mol. The number of nitrogens with one attached hydrogen (secondary N) is 3. The Hall–Kier alpha value is -3.65. The van der Waals surface area contributed by atoms with Crippen LogP contribution in [0.3, 0.4) is 0 Å². The summed E-state index contributed by atoms with van der Waals surface area (Å²) in [5.41, 5.74) is 13.6. The van der Waals surface area contributed by atoms with Gasteiger partial charge in [-0.2, -0.15) is 9.93 Å². The van der Waals surface area contributed by atoms with Crippen LogP contribution in [0.25, 0.3) is 0 Å². The lowest BCUT2D eigenvalue weighted by Crippen LogP contribution is -2.12. The summed E-state index contributed by atoms with van der Waals surface area (Å²) < 4.78 is 5.13. The molecular formula is C18H17N5O3. The lowest BCUT2D eigenvalue weighted by molar-refractivity contribution is 0.100. The molecule has 1 aliphatic heterocycles. The summed E-state index contributed by atoms with van der Waals surface area (Å²) in [6.07, 6.45) is 2.89. The zero-order valence-corrected chi connectivity index (χ0v) is 13.9. The van der Waals surface area contributed by atoms with E-state index in [4.69, 9.17) is 20.8 Å². The number of nitrogens with two attached hydrogens (primary N) is 1. The molecule has 1 amide bonds. The summed E-state index contributed by atoms with van der Waals surface area (Å²) in [4.78, 5) is 20.9. The molecule has 8 nitrogen and oxygen atoms in total. The first kappa shape index (κ1) is 17.2. The van der Waals surface area contributed by atoms with Gasteiger partial charge in [0.25, 0.3) is 5.91 Å². The van der Waals surface area contributed by atoms with Gasteiger partial charge in [-0.25, -0.2) is 11.0 Å². The summed E-state index contributed by atoms with van der Waals surface area (Å²) in [7, 11) is 1.56. The smallest absolute Gasteiger partial charge is 0.279 e. The number of methoxy groups -OCH3 is 1. The van der Waals surface area contributed by atoms with Crippen LogP contribution in [0.2, 0.25) is 0 Å². The highest BCUT2D eigenvalue weighted by Gasteiger charge is 2.13. The van der Waals surface area contributed by atoms with E-state index in [2.05, 4.69) is 16.0 Å². The van der Waals surface area contributed by atoms with Crippen molar-refractivity contribution in [3.8, 4) is 5.75 Å². The van der Waals surface area contributed by atoms with Gasteiger partial charge in [0.1, 0.15) is 11.6 Å². The number of hydrogen-bond donors (Lipinski definition) is 4. The number of allylic oxidation sites excluding steroid dienone is 1. The molecule has 8 heteroatoms. The van der Waals surface area contributed by atoms with Crippen LogP contribution in [0, 0.1) is 5.41 Å². The number of hydrogen-bond acceptors (Lipinski definition) is 6. The molecule has 0 saturated carbocycles. The second kappa shape index (κ2) is 7.49. The average Bonchev–Trinajstić information content (AvgIpc) is 3.13. The molecule has 0 aromatic heterocycles. The summed E-state index contributed by atoms with van der Waals surface area (Å²) in [6.45, 7) is 0. The third-order valence-electron chi connectivity index (χ3n) is 3.62. The third-order valence-corrected chi connectivity index (χ3v) is 3.62. The van der Waals surface area contributed by atoms with Gasteiger partial charge in [0.15, 0.2) is 0 Å². The first-order chi connectivity index (χ1) is 12.6. The zero-order valence-electron chi connectivity index (χ0n) is 13.9. The number of ether oxygens (including phenoxy) is 1. The van der Waals surface area contributed by atoms with Crippen LogP contribution in [-0.2, 0) is 4.94 Å². The largest absolute Gasteiger partial charge is 0.497 e. The molecule has 0 saturated heterocycles. The van der Waals surface area contributed by atoms with Gasteiger partial charge in [-0.05, 0) is 42.5 Å². The number of rotatable bonds is 5. The maximum atomic E-state index is 12.2. The first-order valence-electron chi connectivity index (χ1n) is 7.68. The predicted molar refractivity (Wildman–Crippen MR) is 99.7 cm³/mol. The van der Waals surface area contributed by atoms with Gasteiger partial charge in [-0.15, -0.1) is 0 Å². The van der Waals surface area contributed by atoms with Crippen LogP contribution in [0.5, 0.6) is 5.75 Å². The molecule has 2 aromatic carbocycles. The molecule has 3 rings (SSSR count). The highest BCUT2D eigenvalue weighted by Crippen LogP contribution is 2.27. The van der Waals surface area contributed by atoms with E-state index in [0.717, 1.165) is 5.69 Å². The fourth-order valence-corrected chi connectivity index (χ4v) is 2.26. The van der Waals surface area contributed by atoms with Crippen molar-refractivity contribution in [1.82, 2.24) is 0 Å². The number of carbonyl (C=O) groups excluding carboxylic acids is 1. The quantitative estimate of drug-likeness (QED) is 0.485. The molecule has 1 heterocycles. The van der Waals surface area contributed by atoms with Gasteiger partial charge in [-0.3, -0.25) is 4.79 Å². The molecule has 26 heavy (non-hydrogen) atoms.